The van der Waals surface area contributed by atoms with Crippen molar-refractivity contribution in [1.82, 2.24) is 5.09 Å². The number of para-hydroxylation sites is 1. The van der Waals surface area contributed by atoms with Gasteiger partial charge in [-0.15, -0.1) is 0 Å². The highest BCUT2D eigenvalue weighted by Crippen LogP contribution is 2.47. The summed E-state index contributed by atoms with van der Waals surface area (Å²) in [5, 5.41) is 2.01. The van der Waals surface area contributed by atoms with Crippen molar-refractivity contribution in [2.24, 2.45) is 0 Å². The molecule has 0 radical (unpaired) electrons. The number of carbonyl (C=O) groups excluding carboxylic acids is 1. The molecule has 0 aliphatic heterocycles. The first-order valence-corrected chi connectivity index (χ1v) is 9.05. The zero-order chi connectivity index (χ0) is 21.1. The molecular weight excluding hydrogens is 412 g/mol. The molecule has 2 aromatic carbocycles. The Kier molecular flexibility index (Phi) is 6.63. The Morgan fingerprint density at radius 2 is 1.43 bits per heavy atom. The fraction of sp³-hybridized carbons (Fsp3) is 0.188. The summed E-state index contributed by atoms with van der Waals surface area (Å²) < 4.78 is 94.7. The number of carbonyl (C=O) groups is 1. The van der Waals surface area contributed by atoms with Gasteiger partial charge in [0.05, 0.1) is 7.11 Å². The van der Waals surface area contributed by atoms with E-state index in [2.05, 4.69) is 9.26 Å². The van der Waals surface area contributed by atoms with E-state index in [1.807, 2.05) is 5.09 Å². The summed E-state index contributed by atoms with van der Waals surface area (Å²) in [7, 11) is -3.87. The maximum Gasteiger partial charge on any atom is 0.513 e. The lowest BCUT2D eigenvalue weighted by molar-refractivity contribution is -0.142. The summed E-state index contributed by atoms with van der Waals surface area (Å²) in [5.41, 5.74) is 0. The van der Waals surface area contributed by atoms with E-state index in [9.17, 15) is 31.3 Å². The third kappa shape index (κ3) is 4.60. The lowest BCUT2D eigenvalue weighted by atomic mass is 10.3. The van der Waals surface area contributed by atoms with Crippen LogP contribution >= 0.6 is 7.75 Å². The molecule has 1 N–H and O–H groups in total. The van der Waals surface area contributed by atoms with Crippen LogP contribution in [0.25, 0.3) is 0 Å². The topological polar surface area (TPSA) is 73.9 Å². The highest BCUT2D eigenvalue weighted by molar-refractivity contribution is 7.52. The standard InChI is InChI=1S/C16H13F5NO5P/c1-8(16(23)25-2)22-28(24,26-9-6-4-3-5-7-9)27-15-13(20)11(18)10(17)12(19)14(15)21/h3-8H,1-2H3,(H,22,24). The van der Waals surface area contributed by atoms with E-state index in [4.69, 9.17) is 4.52 Å². The molecule has 0 heterocycles. The van der Waals surface area contributed by atoms with Crippen LogP contribution in [0.4, 0.5) is 22.0 Å². The number of benzene rings is 2. The monoisotopic (exact) mass is 425 g/mol. The van der Waals surface area contributed by atoms with Crippen LogP contribution in [0.1, 0.15) is 6.92 Å². The maximum absolute atomic E-state index is 13.9. The maximum atomic E-state index is 13.9. The smallest absolute Gasteiger partial charge is 0.468 e. The summed E-state index contributed by atoms with van der Waals surface area (Å²) in [6.45, 7) is 1.15. The van der Waals surface area contributed by atoms with Crippen molar-refractivity contribution < 1.29 is 45.1 Å². The number of ether oxygens (including phenoxy) is 1. The molecule has 0 saturated heterocycles. The van der Waals surface area contributed by atoms with Crippen LogP contribution in [-0.4, -0.2) is 19.1 Å². The average Bonchev–Trinajstić information content (AvgIpc) is 2.68. The second kappa shape index (κ2) is 8.57. The highest BCUT2D eigenvalue weighted by atomic mass is 31.2. The first-order chi connectivity index (χ1) is 13.1. The van der Waals surface area contributed by atoms with Gasteiger partial charge in [-0.3, -0.25) is 4.79 Å². The van der Waals surface area contributed by atoms with Gasteiger partial charge in [0, 0.05) is 0 Å². The molecule has 0 aliphatic rings. The summed E-state index contributed by atoms with van der Waals surface area (Å²) in [4.78, 5) is 11.5. The molecule has 6 nitrogen and oxygen atoms in total. The molecule has 0 fully saturated rings. The normalized spacial score (nSPS) is 14.1. The van der Waals surface area contributed by atoms with Crippen molar-refractivity contribution in [2.75, 3.05) is 7.11 Å². The quantitative estimate of drug-likeness (QED) is 0.237. The minimum Gasteiger partial charge on any atom is -0.468 e. The Morgan fingerprint density at radius 3 is 1.93 bits per heavy atom. The molecule has 0 aliphatic carbocycles. The molecule has 152 valence electrons. The van der Waals surface area contributed by atoms with Crippen molar-refractivity contribution >= 4 is 13.7 Å². The van der Waals surface area contributed by atoms with E-state index in [1.165, 1.54) is 24.3 Å². The predicted octanol–water partition coefficient (Wildman–Crippen LogP) is 4.10. The van der Waals surface area contributed by atoms with Gasteiger partial charge in [0.1, 0.15) is 11.8 Å². The fourth-order valence-electron chi connectivity index (χ4n) is 1.94. The third-order valence-corrected chi connectivity index (χ3v) is 4.83. The minimum absolute atomic E-state index is 0.140. The molecule has 2 aromatic rings. The van der Waals surface area contributed by atoms with Crippen LogP contribution in [0.2, 0.25) is 0 Å². The number of hydrogen-bond donors (Lipinski definition) is 1. The van der Waals surface area contributed by atoms with Gasteiger partial charge in [0.15, 0.2) is 0 Å². The van der Waals surface area contributed by atoms with Crippen LogP contribution in [-0.2, 0) is 14.1 Å². The summed E-state index contributed by atoms with van der Waals surface area (Å²) in [6.07, 6.45) is 0. The molecule has 0 saturated carbocycles. The minimum atomic E-state index is -4.88. The lowest BCUT2D eigenvalue weighted by Gasteiger charge is -2.23. The number of halogens is 5. The SMILES string of the molecule is COC(=O)C(C)NP(=O)(Oc1ccccc1)Oc1c(F)c(F)c(F)c(F)c1F. The summed E-state index contributed by atoms with van der Waals surface area (Å²) >= 11 is 0. The Balaban J connectivity index is 2.48. The van der Waals surface area contributed by atoms with Crippen molar-refractivity contribution in [3.63, 3.8) is 0 Å². The largest absolute Gasteiger partial charge is 0.513 e. The second-order valence-electron chi connectivity index (χ2n) is 5.27. The molecule has 2 unspecified atom stereocenters. The molecule has 0 amide bonds. The second-order valence-corrected chi connectivity index (χ2v) is 6.88. The summed E-state index contributed by atoms with van der Waals surface area (Å²) in [5.74, 6) is -14.7. The Morgan fingerprint density at radius 1 is 0.929 bits per heavy atom. The van der Waals surface area contributed by atoms with Crippen molar-refractivity contribution in [3.05, 3.63) is 59.4 Å². The van der Waals surface area contributed by atoms with Gasteiger partial charge in [-0.05, 0) is 19.1 Å². The molecule has 0 aromatic heterocycles. The van der Waals surface area contributed by atoms with E-state index < -0.39 is 54.6 Å². The third-order valence-electron chi connectivity index (χ3n) is 3.26. The van der Waals surface area contributed by atoms with Crippen molar-refractivity contribution in [3.8, 4) is 11.5 Å². The zero-order valence-corrected chi connectivity index (χ0v) is 15.2. The molecule has 28 heavy (non-hydrogen) atoms. The number of hydrogen-bond acceptors (Lipinski definition) is 5. The van der Waals surface area contributed by atoms with E-state index in [1.54, 1.807) is 6.07 Å². The molecule has 0 bridgehead atoms. The first kappa shape index (κ1) is 21.6. The van der Waals surface area contributed by atoms with E-state index in [0.717, 1.165) is 14.0 Å². The van der Waals surface area contributed by atoms with E-state index >= 15 is 0 Å². The Labute approximate surface area is 155 Å². The van der Waals surface area contributed by atoms with Gasteiger partial charge in [-0.2, -0.15) is 13.9 Å². The van der Waals surface area contributed by atoms with Crippen LogP contribution < -0.4 is 14.1 Å². The predicted molar refractivity (Wildman–Crippen MR) is 86.2 cm³/mol. The molecular formula is C16H13F5NO5P. The number of esters is 1. The van der Waals surface area contributed by atoms with Crippen LogP contribution in [0.15, 0.2) is 30.3 Å². The fourth-order valence-corrected chi connectivity index (χ4v) is 3.47. The van der Waals surface area contributed by atoms with Crippen molar-refractivity contribution in [1.29, 1.82) is 0 Å². The zero-order valence-electron chi connectivity index (χ0n) is 14.3. The van der Waals surface area contributed by atoms with Crippen LogP contribution in [0, 0.1) is 29.1 Å². The van der Waals surface area contributed by atoms with Gasteiger partial charge in [0.25, 0.3) is 0 Å². The average molecular weight is 425 g/mol. The highest BCUT2D eigenvalue weighted by Gasteiger charge is 2.38. The first-order valence-electron chi connectivity index (χ1n) is 7.51. The van der Waals surface area contributed by atoms with Gasteiger partial charge >= 0.3 is 13.7 Å². The molecule has 12 heteroatoms. The van der Waals surface area contributed by atoms with Gasteiger partial charge in [-0.25, -0.2) is 17.7 Å². The number of rotatable bonds is 7. The van der Waals surface area contributed by atoms with E-state index in [0.29, 0.717) is 0 Å². The molecule has 2 atom stereocenters. The Bertz CT molecular complexity index is 898. The van der Waals surface area contributed by atoms with Gasteiger partial charge < -0.3 is 13.8 Å². The van der Waals surface area contributed by atoms with Crippen molar-refractivity contribution in [2.45, 2.75) is 13.0 Å². The molecule has 0 spiro atoms. The number of nitrogens with one attached hydrogen (secondary N) is 1. The van der Waals surface area contributed by atoms with Gasteiger partial charge in [0.2, 0.25) is 34.8 Å². The van der Waals surface area contributed by atoms with E-state index in [-0.39, 0.29) is 5.75 Å². The van der Waals surface area contributed by atoms with Crippen LogP contribution in [0.3, 0.4) is 0 Å². The summed E-state index contributed by atoms with van der Waals surface area (Å²) in [6, 6.07) is 5.62. The Hall–Kier alpha value is -2.65. The van der Waals surface area contributed by atoms with Gasteiger partial charge in [-0.1, -0.05) is 18.2 Å². The number of methoxy groups -OCH3 is 1. The molecule has 2 rings (SSSR count). The lowest BCUT2D eigenvalue weighted by Crippen LogP contribution is -2.35. The van der Waals surface area contributed by atoms with Crippen LogP contribution in [0.5, 0.6) is 11.5 Å².